The lowest BCUT2D eigenvalue weighted by Crippen LogP contribution is -2.26. The Hall–Kier alpha value is -0.770. The summed E-state index contributed by atoms with van der Waals surface area (Å²) in [5, 5.41) is 7.78. The third-order valence-corrected chi connectivity index (χ3v) is 5.23. The van der Waals surface area contributed by atoms with E-state index in [1.165, 1.54) is 23.3 Å². The third kappa shape index (κ3) is 2.79. The molecule has 0 bridgehead atoms. The Balaban J connectivity index is 2.16. The normalized spacial score (nSPS) is 20.7. The highest BCUT2D eigenvalue weighted by molar-refractivity contribution is 8.14. The fraction of sp³-hybridized carbons (Fsp3) is 0.625. The van der Waals surface area contributed by atoms with E-state index in [4.69, 9.17) is 15.4 Å². The number of methoxy groups -OCH3 is 1. The van der Waals surface area contributed by atoms with Crippen LogP contribution in [-0.4, -0.2) is 43.4 Å². The van der Waals surface area contributed by atoms with Gasteiger partial charge >= 0.3 is 0 Å². The molecule has 7 nitrogen and oxygen atoms in total. The molecule has 1 amide bonds. The van der Waals surface area contributed by atoms with Gasteiger partial charge in [0.25, 0.3) is 0 Å². The molecule has 10 heteroatoms. The summed E-state index contributed by atoms with van der Waals surface area (Å²) in [5.74, 6) is -0.315. The Morgan fingerprint density at radius 1 is 1.56 bits per heavy atom. The Kier molecular flexibility index (Phi) is 3.85. The zero-order valence-corrected chi connectivity index (χ0v) is 11.8. The smallest absolute Gasteiger partial charge is 0.237 e. The van der Waals surface area contributed by atoms with E-state index in [0.717, 1.165) is 0 Å². The van der Waals surface area contributed by atoms with Gasteiger partial charge < -0.3 is 4.74 Å². The number of carbonyl (C=O) groups excluding carboxylic acids is 1. The molecule has 0 aliphatic carbocycles. The van der Waals surface area contributed by atoms with Crippen molar-refractivity contribution >= 4 is 42.1 Å². The molecule has 0 aromatic carbocycles. The summed E-state index contributed by atoms with van der Waals surface area (Å²) in [6.07, 6.45) is -0.120. The Morgan fingerprint density at radius 2 is 2.28 bits per heavy atom. The summed E-state index contributed by atoms with van der Waals surface area (Å²) in [4.78, 5) is 13.0. The maximum atomic E-state index is 11.7. The molecule has 0 radical (unpaired) electrons. The number of ether oxygens (including phenoxy) is 1. The van der Waals surface area contributed by atoms with Gasteiger partial charge in [-0.1, -0.05) is 11.3 Å². The molecule has 0 N–H and O–H groups in total. The van der Waals surface area contributed by atoms with Gasteiger partial charge in [0.1, 0.15) is 16.9 Å². The second-order valence-corrected chi connectivity index (χ2v) is 7.67. The minimum absolute atomic E-state index is 0.0201. The van der Waals surface area contributed by atoms with Crippen molar-refractivity contribution in [2.45, 2.75) is 18.3 Å². The largest absolute Gasteiger partial charge is 0.377 e. The summed E-state index contributed by atoms with van der Waals surface area (Å²) in [6, 6.07) is 0. The van der Waals surface area contributed by atoms with E-state index in [9.17, 15) is 13.2 Å². The Morgan fingerprint density at radius 3 is 2.83 bits per heavy atom. The minimum atomic E-state index is -3.74. The number of amides is 1. The van der Waals surface area contributed by atoms with E-state index in [1.807, 2.05) is 0 Å². The van der Waals surface area contributed by atoms with Crippen molar-refractivity contribution in [1.29, 1.82) is 0 Å². The summed E-state index contributed by atoms with van der Waals surface area (Å²) in [7, 11) is 3.04. The average Bonchev–Trinajstić information content (AvgIpc) is 2.84. The van der Waals surface area contributed by atoms with Crippen molar-refractivity contribution in [3.63, 3.8) is 0 Å². The number of aromatic nitrogens is 2. The molecule has 0 saturated carbocycles. The molecule has 2 heterocycles. The predicted molar refractivity (Wildman–Crippen MR) is 66.2 cm³/mol. The zero-order valence-electron chi connectivity index (χ0n) is 9.37. The summed E-state index contributed by atoms with van der Waals surface area (Å²) in [6.45, 7) is 0.323. The molecular weight excluding hydrogens is 302 g/mol. The Bertz CT molecular complexity index is 558. The highest BCUT2D eigenvalue weighted by Gasteiger charge is 2.39. The lowest BCUT2D eigenvalue weighted by atomic mass is 10.4. The molecule has 1 fully saturated rings. The van der Waals surface area contributed by atoms with Crippen LogP contribution >= 0.6 is 22.0 Å². The summed E-state index contributed by atoms with van der Waals surface area (Å²) < 4.78 is 27.3. The maximum Gasteiger partial charge on any atom is 0.237 e. The van der Waals surface area contributed by atoms with Gasteiger partial charge in [0.2, 0.25) is 20.1 Å². The topological polar surface area (TPSA) is 89.5 Å². The summed E-state index contributed by atoms with van der Waals surface area (Å²) in [5.41, 5.74) is 0. The third-order valence-electron chi connectivity index (χ3n) is 2.44. The second kappa shape index (κ2) is 5.08. The number of carbonyl (C=O) groups is 1. The fourth-order valence-electron chi connectivity index (χ4n) is 1.58. The van der Waals surface area contributed by atoms with Crippen LogP contribution in [-0.2, 0) is 25.2 Å². The molecule has 1 saturated heterocycles. The first-order valence-corrected chi connectivity index (χ1v) is 8.16. The van der Waals surface area contributed by atoms with Crippen LogP contribution in [0.15, 0.2) is 0 Å². The lowest BCUT2D eigenvalue weighted by Gasteiger charge is -2.10. The van der Waals surface area contributed by atoms with Gasteiger partial charge in [0, 0.05) is 30.8 Å². The minimum Gasteiger partial charge on any atom is -0.377 e. The van der Waals surface area contributed by atoms with Crippen molar-refractivity contribution in [3.8, 4) is 0 Å². The lowest BCUT2D eigenvalue weighted by molar-refractivity contribution is -0.117. The molecule has 1 aromatic rings. The van der Waals surface area contributed by atoms with Crippen LogP contribution in [0.2, 0.25) is 0 Å². The quantitative estimate of drug-likeness (QED) is 0.746. The van der Waals surface area contributed by atoms with E-state index < -0.39 is 14.3 Å². The number of hydrogen-bond donors (Lipinski definition) is 0. The first-order chi connectivity index (χ1) is 8.41. The number of halogens is 1. The van der Waals surface area contributed by atoms with Gasteiger partial charge in [-0.05, 0) is 0 Å². The van der Waals surface area contributed by atoms with Gasteiger partial charge in [-0.3, -0.25) is 9.69 Å². The van der Waals surface area contributed by atoms with Crippen molar-refractivity contribution in [2.75, 3.05) is 18.6 Å². The van der Waals surface area contributed by atoms with E-state index in [1.54, 1.807) is 0 Å². The Labute approximate surface area is 112 Å². The van der Waals surface area contributed by atoms with Crippen LogP contribution in [0.5, 0.6) is 0 Å². The average molecular weight is 312 g/mol. The number of nitrogens with zero attached hydrogens (tertiary/aromatic N) is 3. The molecule has 0 spiro atoms. The van der Waals surface area contributed by atoms with Crippen LogP contribution in [0.1, 0.15) is 11.4 Å². The highest BCUT2D eigenvalue weighted by atomic mass is 35.7. The van der Waals surface area contributed by atoms with Crippen molar-refractivity contribution in [3.05, 3.63) is 5.01 Å². The van der Waals surface area contributed by atoms with Crippen molar-refractivity contribution in [1.82, 2.24) is 10.2 Å². The zero-order chi connectivity index (χ0) is 13.3. The second-order valence-electron chi connectivity index (χ2n) is 3.72. The van der Waals surface area contributed by atoms with Crippen LogP contribution in [0.4, 0.5) is 5.13 Å². The van der Waals surface area contributed by atoms with Gasteiger partial charge in [-0.15, -0.1) is 10.2 Å². The van der Waals surface area contributed by atoms with Gasteiger partial charge in [0.15, 0.2) is 0 Å². The van der Waals surface area contributed by atoms with Crippen molar-refractivity contribution < 1.29 is 17.9 Å². The van der Waals surface area contributed by atoms with E-state index in [2.05, 4.69) is 10.2 Å². The summed E-state index contributed by atoms with van der Waals surface area (Å²) >= 11 is 1.19. The van der Waals surface area contributed by atoms with Gasteiger partial charge in [-0.2, -0.15) is 0 Å². The van der Waals surface area contributed by atoms with E-state index >= 15 is 0 Å². The van der Waals surface area contributed by atoms with Crippen LogP contribution in [0.25, 0.3) is 0 Å². The molecule has 1 aliphatic rings. The van der Waals surface area contributed by atoms with Crippen molar-refractivity contribution in [2.24, 2.45) is 0 Å². The first kappa shape index (κ1) is 13.7. The maximum absolute atomic E-state index is 11.7. The monoisotopic (exact) mass is 311 g/mol. The number of rotatable bonds is 4. The van der Waals surface area contributed by atoms with E-state index in [-0.39, 0.29) is 18.9 Å². The van der Waals surface area contributed by atoms with Crippen LogP contribution in [0, 0.1) is 0 Å². The fourth-order valence-corrected chi connectivity index (χ4v) is 3.45. The van der Waals surface area contributed by atoms with Gasteiger partial charge in [0.05, 0.1) is 0 Å². The van der Waals surface area contributed by atoms with Crippen LogP contribution in [0.3, 0.4) is 0 Å². The number of hydrogen-bond acceptors (Lipinski definition) is 7. The highest BCUT2D eigenvalue weighted by Crippen LogP contribution is 2.28. The molecule has 1 unspecified atom stereocenters. The molecule has 1 atom stereocenters. The number of anilines is 1. The van der Waals surface area contributed by atoms with Crippen LogP contribution < -0.4 is 4.90 Å². The molecule has 2 rings (SSSR count). The molecular formula is C8H10ClN3O4S2. The molecule has 1 aromatic heterocycles. The molecule has 1 aliphatic heterocycles. The SMILES string of the molecule is COCc1nnc(N2CC(S(=O)(=O)Cl)CC2=O)s1. The predicted octanol–water partition coefficient (Wildman–Crippen LogP) is 0.358. The molecule has 18 heavy (non-hydrogen) atoms. The first-order valence-electron chi connectivity index (χ1n) is 4.97. The molecule has 100 valence electrons. The van der Waals surface area contributed by atoms with E-state index in [0.29, 0.717) is 16.7 Å². The standard InChI is InChI=1S/C8H10ClN3O4S2/c1-16-4-6-10-11-8(17-6)12-3-5(2-7(12)13)18(9,14)15/h5H,2-4H2,1H3. The van der Waals surface area contributed by atoms with Gasteiger partial charge in [-0.25, -0.2) is 8.42 Å².